The molecule has 2 bridgehead atoms. The molecule has 2 aliphatic rings. The molecule has 3 heteroatoms. The maximum Gasteiger partial charge on any atom is 0.0223 e. The summed E-state index contributed by atoms with van der Waals surface area (Å²) in [4.78, 5) is 5.37. The Morgan fingerprint density at radius 2 is 1.94 bits per heavy atom. The van der Waals surface area contributed by atoms with Gasteiger partial charge in [-0.05, 0) is 65.7 Å². The van der Waals surface area contributed by atoms with Gasteiger partial charge in [0.2, 0.25) is 0 Å². The van der Waals surface area contributed by atoms with Gasteiger partial charge in [-0.15, -0.1) is 0 Å². The Hall–Kier alpha value is -0.120. The fourth-order valence-corrected chi connectivity index (χ4v) is 3.53. The number of hydrogen-bond acceptors (Lipinski definition) is 3. The van der Waals surface area contributed by atoms with Crippen LogP contribution < -0.4 is 5.32 Å². The van der Waals surface area contributed by atoms with Crippen molar-refractivity contribution in [2.45, 2.75) is 64.1 Å². The van der Waals surface area contributed by atoms with Gasteiger partial charge in [-0.1, -0.05) is 6.92 Å². The van der Waals surface area contributed by atoms with E-state index >= 15 is 0 Å². The quantitative estimate of drug-likeness (QED) is 0.730. The molecule has 2 aliphatic heterocycles. The SMILES string of the molecule is CCCNCCC(C)N1CCC2CCC(C1)N2C. The molecule has 0 aliphatic carbocycles. The Labute approximate surface area is 113 Å². The van der Waals surface area contributed by atoms with Crippen molar-refractivity contribution in [1.29, 1.82) is 0 Å². The zero-order chi connectivity index (χ0) is 13.0. The summed E-state index contributed by atoms with van der Waals surface area (Å²) in [7, 11) is 2.33. The molecule has 0 saturated carbocycles. The van der Waals surface area contributed by atoms with Crippen molar-refractivity contribution < 1.29 is 0 Å². The highest BCUT2D eigenvalue weighted by Crippen LogP contribution is 2.29. The lowest BCUT2D eigenvalue weighted by molar-refractivity contribution is 0.173. The zero-order valence-electron chi connectivity index (χ0n) is 12.5. The maximum atomic E-state index is 3.53. The number of likely N-dealkylation sites (tertiary alicyclic amines) is 1. The van der Waals surface area contributed by atoms with Crippen LogP contribution in [-0.2, 0) is 0 Å². The van der Waals surface area contributed by atoms with Gasteiger partial charge in [0.05, 0.1) is 0 Å². The molecule has 2 heterocycles. The summed E-state index contributed by atoms with van der Waals surface area (Å²) >= 11 is 0. The van der Waals surface area contributed by atoms with Crippen LogP contribution in [0.5, 0.6) is 0 Å². The average molecular weight is 253 g/mol. The molecule has 106 valence electrons. The third kappa shape index (κ3) is 3.46. The van der Waals surface area contributed by atoms with Gasteiger partial charge >= 0.3 is 0 Å². The number of fused-ring (bicyclic) bond motifs is 2. The van der Waals surface area contributed by atoms with Gasteiger partial charge in [0.1, 0.15) is 0 Å². The number of nitrogens with one attached hydrogen (secondary N) is 1. The normalized spacial score (nSPS) is 31.5. The molecule has 2 rings (SSSR count). The lowest BCUT2D eigenvalue weighted by Gasteiger charge is -2.31. The predicted molar refractivity (Wildman–Crippen MR) is 78.0 cm³/mol. The van der Waals surface area contributed by atoms with E-state index in [1.54, 1.807) is 0 Å². The van der Waals surface area contributed by atoms with Crippen LogP contribution >= 0.6 is 0 Å². The summed E-state index contributed by atoms with van der Waals surface area (Å²) in [6.45, 7) is 9.59. The van der Waals surface area contributed by atoms with Crippen molar-refractivity contribution in [3.63, 3.8) is 0 Å². The van der Waals surface area contributed by atoms with E-state index in [9.17, 15) is 0 Å². The third-order valence-electron chi connectivity index (χ3n) is 4.97. The number of rotatable bonds is 6. The summed E-state index contributed by atoms with van der Waals surface area (Å²) in [6, 6.07) is 2.43. The van der Waals surface area contributed by atoms with Gasteiger partial charge in [0.25, 0.3) is 0 Å². The van der Waals surface area contributed by atoms with Gasteiger partial charge < -0.3 is 5.32 Å². The first-order valence-electron chi connectivity index (χ1n) is 7.89. The first kappa shape index (κ1) is 14.3. The van der Waals surface area contributed by atoms with Crippen molar-refractivity contribution in [2.75, 3.05) is 33.2 Å². The lowest BCUT2D eigenvalue weighted by Crippen LogP contribution is -2.41. The maximum absolute atomic E-state index is 3.53. The van der Waals surface area contributed by atoms with Crippen LogP contribution in [-0.4, -0.2) is 61.2 Å². The van der Waals surface area contributed by atoms with Gasteiger partial charge in [-0.25, -0.2) is 0 Å². The van der Waals surface area contributed by atoms with E-state index in [0.717, 1.165) is 18.1 Å². The van der Waals surface area contributed by atoms with E-state index in [1.165, 1.54) is 58.3 Å². The van der Waals surface area contributed by atoms with Crippen molar-refractivity contribution in [1.82, 2.24) is 15.1 Å². The van der Waals surface area contributed by atoms with Crippen molar-refractivity contribution >= 4 is 0 Å². The van der Waals surface area contributed by atoms with Crippen molar-refractivity contribution in [2.24, 2.45) is 0 Å². The minimum Gasteiger partial charge on any atom is -0.317 e. The van der Waals surface area contributed by atoms with Gasteiger partial charge in [0.15, 0.2) is 0 Å². The van der Waals surface area contributed by atoms with E-state index in [4.69, 9.17) is 0 Å². The Kier molecular flexibility index (Phi) is 5.46. The molecule has 0 amide bonds. The number of hydrogen-bond donors (Lipinski definition) is 1. The second-order valence-electron chi connectivity index (χ2n) is 6.22. The molecule has 2 saturated heterocycles. The highest BCUT2D eigenvalue weighted by Gasteiger charge is 2.35. The lowest BCUT2D eigenvalue weighted by atomic mass is 10.1. The smallest absolute Gasteiger partial charge is 0.0223 e. The second-order valence-corrected chi connectivity index (χ2v) is 6.22. The van der Waals surface area contributed by atoms with Gasteiger partial charge in [0, 0.05) is 24.7 Å². The highest BCUT2D eigenvalue weighted by molar-refractivity contribution is 4.92. The summed E-state index contributed by atoms with van der Waals surface area (Å²) in [5, 5.41) is 3.53. The zero-order valence-corrected chi connectivity index (χ0v) is 12.5. The fourth-order valence-electron chi connectivity index (χ4n) is 3.53. The van der Waals surface area contributed by atoms with Crippen LogP contribution in [0.25, 0.3) is 0 Å². The van der Waals surface area contributed by atoms with E-state index < -0.39 is 0 Å². The fraction of sp³-hybridized carbons (Fsp3) is 1.00. The Morgan fingerprint density at radius 3 is 2.72 bits per heavy atom. The standard InChI is InChI=1S/C15H31N3/c1-4-9-16-10-7-13(2)18-11-8-14-5-6-15(12-18)17(14)3/h13-16H,4-12H2,1-3H3. The third-order valence-corrected chi connectivity index (χ3v) is 4.97. The van der Waals surface area contributed by atoms with E-state index in [-0.39, 0.29) is 0 Å². The first-order valence-corrected chi connectivity index (χ1v) is 7.89. The van der Waals surface area contributed by atoms with Crippen molar-refractivity contribution in [3.05, 3.63) is 0 Å². The minimum atomic E-state index is 0.738. The Morgan fingerprint density at radius 1 is 1.17 bits per heavy atom. The molecule has 1 N–H and O–H groups in total. The van der Waals surface area contributed by atoms with E-state index in [2.05, 4.69) is 36.0 Å². The molecule has 0 aromatic heterocycles. The monoisotopic (exact) mass is 253 g/mol. The van der Waals surface area contributed by atoms with E-state index in [1.807, 2.05) is 0 Å². The van der Waals surface area contributed by atoms with Gasteiger partial charge in [-0.2, -0.15) is 0 Å². The molecule has 3 atom stereocenters. The van der Waals surface area contributed by atoms with Crippen LogP contribution in [0.3, 0.4) is 0 Å². The molecule has 0 aromatic carbocycles. The topological polar surface area (TPSA) is 18.5 Å². The molecular formula is C15H31N3. The summed E-state index contributed by atoms with van der Waals surface area (Å²) < 4.78 is 0. The molecule has 0 radical (unpaired) electrons. The number of likely N-dealkylation sites (N-methyl/N-ethyl adjacent to an activating group) is 1. The van der Waals surface area contributed by atoms with E-state index in [0.29, 0.717) is 0 Å². The van der Waals surface area contributed by atoms with Crippen LogP contribution in [0.15, 0.2) is 0 Å². The van der Waals surface area contributed by atoms with Gasteiger partial charge in [-0.3, -0.25) is 9.80 Å². The molecule has 0 aromatic rings. The molecule has 3 nitrogen and oxygen atoms in total. The van der Waals surface area contributed by atoms with Crippen molar-refractivity contribution in [3.8, 4) is 0 Å². The minimum absolute atomic E-state index is 0.738. The molecule has 0 spiro atoms. The molecular weight excluding hydrogens is 222 g/mol. The Balaban J connectivity index is 1.75. The van der Waals surface area contributed by atoms with Crippen LogP contribution in [0.1, 0.15) is 46.0 Å². The Bertz CT molecular complexity index is 244. The van der Waals surface area contributed by atoms with Crippen LogP contribution in [0, 0.1) is 0 Å². The largest absolute Gasteiger partial charge is 0.317 e. The summed E-state index contributed by atoms with van der Waals surface area (Å²) in [6.07, 6.45) is 6.76. The molecule has 18 heavy (non-hydrogen) atoms. The molecule has 3 unspecified atom stereocenters. The summed E-state index contributed by atoms with van der Waals surface area (Å²) in [5.41, 5.74) is 0. The second kappa shape index (κ2) is 6.88. The first-order chi connectivity index (χ1) is 8.72. The predicted octanol–water partition coefficient (Wildman–Crippen LogP) is 1.93. The van der Waals surface area contributed by atoms with Crippen LogP contribution in [0.2, 0.25) is 0 Å². The number of nitrogens with zero attached hydrogens (tertiary/aromatic N) is 2. The van der Waals surface area contributed by atoms with Crippen LogP contribution in [0.4, 0.5) is 0 Å². The molecule has 2 fully saturated rings. The average Bonchev–Trinajstić information content (AvgIpc) is 2.59. The summed E-state index contributed by atoms with van der Waals surface area (Å²) in [5.74, 6) is 0. The highest BCUT2D eigenvalue weighted by atomic mass is 15.3.